The molecule has 0 aliphatic rings. The highest BCUT2D eigenvalue weighted by atomic mass is 32.2. The largest absolute Gasteiger partial charge is 0.352 e. The van der Waals surface area contributed by atoms with Crippen molar-refractivity contribution in [2.45, 2.75) is 25.8 Å². The van der Waals surface area contributed by atoms with Crippen molar-refractivity contribution in [3.05, 3.63) is 66.0 Å². The van der Waals surface area contributed by atoms with Gasteiger partial charge in [0.05, 0.1) is 5.69 Å². The molecule has 1 atom stereocenters. The summed E-state index contributed by atoms with van der Waals surface area (Å²) in [5.41, 5.74) is 1.40. The Labute approximate surface area is 166 Å². The smallest absolute Gasteiger partial charge is 0.304 e. The zero-order valence-electron chi connectivity index (χ0n) is 16.3. The molecule has 0 heterocycles. The van der Waals surface area contributed by atoms with Crippen LogP contribution in [0, 0.1) is 5.82 Å². The maximum atomic E-state index is 13.2. The van der Waals surface area contributed by atoms with Crippen molar-refractivity contribution < 1.29 is 17.6 Å². The van der Waals surface area contributed by atoms with Gasteiger partial charge in [0.15, 0.2) is 0 Å². The lowest BCUT2D eigenvalue weighted by Gasteiger charge is -2.27. The number of amides is 1. The molecule has 0 bridgehead atoms. The molecule has 0 fully saturated rings. The minimum Gasteiger partial charge on any atom is -0.352 e. The number of benzene rings is 2. The van der Waals surface area contributed by atoms with Crippen LogP contribution in [0.15, 0.2) is 54.6 Å². The van der Waals surface area contributed by atoms with Crippen LogP contribution < -0.4 is 9.62 Å². The number of carbonyl (C=O) groups is 1. The number of hydrogen-bond donors (Lipinski definition) is 1. The van der Waals surface area contributed by atoms with E-state index in [-0.39, 0.29) is 18.3 Å². The van der Waals surface area contributed by atoms with E-state index in [1.807, 2.05) is 37.3 Å². The number of halogens is 1. The third-order valence-corrected chi connectivity index (χ3v) is 6.08. The molecule has 0 unspecified atom stereocenters. The van der Waals surface area contributed by atoms with Gasteiger partial charge >= 0.3 is 10.2 Å². The number of nitrogens with zero attached hydrogens (tertiary/aromatic N) is 2. The lowest BCUT2D eigenvalue weighted by atomic mass is 10.1. The van der Waals surface area contributed by atoms with Crippen LogP contribution in [0.2, 0.25) is 0 Å². The van der Waals surface area contributed by atoms with Crippen molar-refractivity contribution in [2.75, 3.05) is 24.9 Å². The second-order valence-corrected chi connectivity index (χ2v) is 8.83. The number of rotatable bonds is 9. The van der Waals surface area contributed by atoms with E-state index < -0.39 is 21.9 Å². The first-order valence-corrected chi connectivity index (χ1v) is 10.4. The number of nitrogens with one attached hydrogen (secondary N) is 1. The van der Waals surface area contributed by atoms with E-state index in [4.69, 9.17) is 0 Å². The predicted molar refractivity (Wildman–Crippen MR) is 109 cm³/mol. The van der Waals surface area contributed by atoms with Crippen LogP contribution in [-0.4, -0.2) is 45.3 Å². The summed E-state index contributed by atoms with van der Waals surface area (Å²) in [6.45, 7) is 1.49. The average Bonchev–Trinajstić information content (AvgIpc) is 2.66. The Kier molecular flexibility index (Phi) is 7.53. The molecule has 1 N–H and O–H groups in total. The van der Waals surface area contributed by atoms with Crippen molar-refractivity contribution in [1.82, 2.24) is 9.62 Å². The number of carbonyl (C=O) groups excluding carboxylic acids is 1. The number of anilines is 1. The quantitative estimate of drug-likeness (QED) is 0.695. The average molecular weight is 408 g/mol. The summed E-state index contributed by atoms with van der Waals surface area (Å²) in [7, 11) is -1.15. The molecule has 0 aliphatic carbocycles. The summed E-state index contributed by atoms with van der Waals surface area (Å²) in [6.07, 6.45) is 1.53. The first-order chi connectivity index (χ1) is 13.2. The molecular formula is C20H26FN3O3S. The van der Waals surface area contributed by atoms with Crippen LogP contribution in [-0.2, 0) is 21.4 Å². The second kappa shape index (κ2) is 9.66. The lowest BCUT2D eigenvalue weighted by molar-refractivity contribution is -0.120. The summed E-state index contributed by atoms with van der Waals surface area (Å²) < 4.78 is 40.4. The van der Waals surface area contributed by atoms with Crippen molar-refractivity contribution >= 4 is 21.8 Å². The van der Waals surface area contributed by atoms with Crippen LogP contribution in [0.25, 0.3) is 0 Å². The fraction of sp³-hybridized carbons (Fsp3) is 0.350. The molecule has 6 nitrogen and oxygen atoms in total. The van der Waals surface area contributed by atoms with Gasteiger partial charge in [0.2, 0.25) is 5.91 Å². The second-order valence-electron chi connectivity index (χ2n) is 6.77. The fourth-order valence-corrected chi connectivity index (χ4v) is 3.72. The van der Waals surface area contributed by atoms with Crippen LogP contribution in [0.4, 0.5) is 10.1 Å². The van der Waals surface area contributed by atoms with Gasteiger partial charge < -0.3 is 5.32 Å². The van der Waals surface area contributed by atoms with Gasteiger partial charge in [-0.15, -0.1) is 0 Å². The molecule has 0 spiro atoms. The van der Waals surface area contributed by atoms with Crippen molar-refractivity contribution in [3.8, 4) is 0 Å². The zero-order valence-corrected chi connectivity index (χ0v) is 17.1. The highest BCUT2D eigenvalue weighted by molar-refractivity contribution is 7.90. The van der Waals surface area contributed by atoms with E-state index in [0.29, 0.717) is 0 Å². The Bertz CT molecular complexity index is 871. The normalized spacial score (nSPS) is 12.6. The molecule has 0 saturated heterocycles. The Morgan fingerprint density at radius 1 is 1.07 bits per heavy atom. The van der Waals surface area contributed by atoms with Gasteiger partial charge in [-0.1, -0.05) is 30.3 Å². The highest BCUT2D eigenvalue weighted by Gasteiger charge is 2.27. The first-order valence-electron chi connectivity index (χ1n) is 8.99. The number of aryl methyl sites for hydroxylation is 1. The molecule has 8 heteroatoms. The molecule has 0 saturated carbocycles. The monoisotopic (exact) mass is 407 g/mol. The summed E-state index contributed by atoms with van der Waals surface area (Å²) in [6, 6.07) is 14.8. The van der Waals surface area contributed by atoms with Crippen LogP contribution in [0.5, 0.6) is 0 Å². The van der Waals surface area contributed by atoms with E-state index in [9.17, 15) is 17.6 Å². The standard InChI is InChI=1S/C20H26FN3O3S/c1-16(9-10-17-7-5-4-6-8-17)22-20(25)15-24(28(26,27)23(2)3)19-13-11-18(21)12-14-19/h4-8,11-14,16H,9-10,15H2,1-3H3,(H,22,25)/t16-/m0/s1. The third-order valence-electron chi connectivity index (χ3n) is 4.26. The van der Waals surface area contributed by atoms with E-state index in [1.54, 1.807) is 0 Å². The molecule has 2 rings (SSSR count). The topological polar surface area (TPSA) is 69.7 Å². The molecule has 28 heavy (non-hydrogen) atoms. The van der Waals surface area contributed by atoms with E-state index >= 15 is 0 Å². The Morgan fingerprint density at radius 2 is 1.68 bits per heavy atom. The van der Waals surface area contributed by atoms with E-state index in [1.165, 1.54) is 31.8 Å². The molecule has 152 valence electrons. The molecule has 0 radical (unpaired) electrons. The Morgan fingerprint density at radius 3 is 2.25 bits per heavy atom. The molecule has 1 amide bonds. The summed E-state index contributed by atoms with van der Waals surface area (Å²) in [5, 5.41) is 2.84. The minimum absolute atomic E-state index is 0.121. The predicted octanol–water partition coefficient (Wildman–Crippen LogP) is 2.58. The molecule has 0 aromatic heterocycles. The van der Waals surface area contributed by atoms with Gasteiger partial charge in [-0.25, -0.2) is 8.70 Å². The first kappa shape index (κ1) is 21.8. The third kappa shape index (κ3) is 6.03. The molecular weight excluding hydrogens is 381 g/mol. The molecule has 2 aromatic rings. The maximum absolute atomic E-state index is 13.2. The minimum atomic E-state index is -3.91. The van der Waals surface area contributed by atoms with Gasteiger partial charge in [-0.05, 0) is 49.6 Å². The lowest BCUT2D eigenvalue weighted by Crippen LogP contribution is -2.47. The van der Waals surface area contributed by atoms with Gasteiger partial charge in [-0.2, -0.15) is 12.7 Å². The Balaban J connectivity index is 2.04. The van der Waals surface area contributed by atoms with Gasteiger partial charge in [-0.3, -0.25) is 4.79 Å². The summed E-state index contributed by atoms with van der Waals surface area (Å²) >= 11 is 0. The molecule has 0 aliphatic heterocycles. The SMILES string of the molecule is C[C@@H](CCc1ccccc1)NC(=O)CN(c1ccc(F)cc1)S(=O)(=O)N(C)C. The summed E-state index contributed by atoms with van der Waals surface area (Å²) in [4.78, 5) is 12.5. The fourth-order valence-electron chi connectivity index (χ4n) is 2.66. The van der Waals surface area contributed by atoms with Gasteiger partial charge in [0, 0.05) is 20.1 Å². The van der Waals surface area contributed by atoms with E-state index in [0.717, 1.165) is 33.6 Å². The summed E-state index contributed by atoms with van der Waals surface area (Å²) in [5.74, 6) is -0.903. The molecule has 2 aromatic carbocycles. The van der Waals surface area contributed by atoms with Crippen LogP contribution >= 0.6 is 0 Å². The van der Waals surface area contributed by atoms with E-state index in [2.05, 4.69) is 5.32 Å². The van der Waals surface area contributed by atoms with Crippen LogP contribution in [0.3, 0.4) is 0 Å². The van der Waals surface area contributed by atoms with Gasteiger partial charge in [0.25, 0.3) is 0 Å². The van der Waals surface area contributed by atoms with Crippen molar-refractivity contribution in [2.24, 2.45) is 0 Å². The maximum Gasteiger partial charge on any atom is 0.304 e. The highest BCUT2D eigenvalue weighted by Crippen LogP contribution is 2.19. The van der Waals surface area contributed by atoms with Crippen molar-refractivity contribution in [1.29, 1.82) is 0 Å². The van der Waals surface area contributed by atoms with Gasteiger partial charge in [0.1, 0.15) is 12.4 Å². The number of hydrogen-bond acceptors (Lipinski definition) is 3. The van der Waals surface area contributed by atoms with Crippen LogP contribution in [0.1, 0.15) is 18.9 Å². The van der Waals surface area contributed by atoms with Crippen molar-refractivity contribution in [3.63, 3.8) is 0 Å². The Hall–Kier alpha value is -2.45. The zero-order chi connectivity index (χ0) is 20.7.